The van der Waals surface area contributed by atoms with Gasteiger partial charge in [0.1, 0.15) is 5.51 Å². The molecule has 3 heterocycles. The predicted molar refractivity (Wildman–Crippen MR) is 44.6 cm³/mol. The second-order valence-corrected chi connectivity index (χ2v) is 3.16. The van der Waals surface area contributed by atoms with E-state index >= 15 is 0 Å². The van der Waals surface area contributed by atoms with Gasteiger partial charge in [0.15, 0.2) is 5.52 Å². The third kappa shape index (κ3) is 0.746. The van der Waals surface area contributed by atoms with Gasteiger partial charge in [0.05, 0.1) is 0 Å². The highest BCUT2D eigenvalue weighted by Crippen LogP contribution is 2.05. The van der Waals surface area contributed by atoms with Gasteiger partial charge in [0.25, 0.3) is 0 Å². The highest BCUT2D eigenvalue weighted by molar-refractivity contribution is 7.14. The fourth-order valence-corrected chi connectivity index (χ4v) is 1.67. The molecular formula is C5H2N6OS. The summed E-state index contributed by atoms with van der Waals surface area (Å²) in [6, 6.07) is 0. The Balaban J connectivity index is 2.76. The van der Waals surface area contributed by atoms with Crippen LogP contribution >= 0.6 is 11.3 Å². The normalized spacial score (nSPS) is 11.4. The Hall–Kier alpha value is -1.83. The lowest BCUT2D eigenvalue weighted by molar-refractivity contribution is 0.910. The number of aromatic amines is 1. The minimum atomic E-state index is -0.296. The molecule has 0 unspecified atom stereocenters. The average Bonchev–Trinajstić information content (AvgIpc) is 2.71. The minimum Gasteiger partial charge on any atom is -0.265 e. The standard InChI is InChI=1S/C5H2N6OS/c12-4-2-3(9-10-8-2)7-5-11(4)6-1-13-5/h1H,(H,8,9,10). The van der Waals surface area contributed by atoms with E-state index in [1.165, 1.54) is 15.9 Å². The van der Waals surface area contributed by atoms with Gasteiger partial charge in [0.2, 0.25) is 10.6 Å². The van der Waals surface area contributed by atoms with Crippen LogP contribution in [0.1, 0.15) is 0 Å². The molecule has 8 heteroatoms. The Kier molecular flexibility index (Phi) is 1.08. The lowest BCUT2D eigenvalue weighted by Gasteiger charge is -1.86. The number of aromatic nitrogens is 6. The predicted octanol–water partition coefficient (Wildman–Crippen LogP) is -0.578. The molecule has 7 nitrogen and oxygen atoms in total. The van der Waals surface area contributed by atoms with Crippen molar-refractivity contribution in [2.24, 2.45) is 0 Å². The molecule has 0 amide bonds. The molecular weight excluding hydrogens is 192 g/mol. The number of hydrogen-bond acceptors (Lipinski definition) is 6. The second-order valence-electron chi connectivity index (χ2n) is 2.35. The third-order valence-corrected chi connectivity index (χ3v) is 2.30. The molecule has 0 aliphatic carbocycles. The smallest absolute Gasteiger partial charge is 0.265 e. The fraction of sp³-hybridized carbons (Fsp3) is 0. The molecule has 0 saturated carbocycles. The van der Waals surface area contributed by atoms with Crippen molar-refractivity contribution in [2.45, 2.75) is 0 Å². The van der Waals surface area contributed by atoms with E-state index in [2.05, 4.69) is 25.5 Å². The maximum atomic E-state index is 11.6. The number of nitrogens with one attached hydrogen (secondary N) is 1. The largest absolute Gasteiger partial charge is 0.305 e. The highest BCUT2D eigenvalue weighted by atomic mass is 32.1. The first kappa shape index (κ1) is 6.66. The average molecular weight is 194 g/mol. The highest BCUT2D eigenvalue weighted by Gasteiger charge is 2.09. The van der Waals surface area contributed by atoms with Crippen molar-refractivity contribution < 1.29 is 0 Å². The van der Waals surface area contributed by atoms with Crippen molar-refractivity contribution in [3.63, 3.8) is 0 Å². The van der Waals surface area contributed by atoms with Crippen LogP contribution in [0.4, 0.5) is 0 Å². The molecule has 0 radical (unpaired) electrons. The van der Waals surface area contributed by atoms with Crippen LogP contribution in [-0.2, 0) is 0 Å². The maximum Gasteiger partial charge on any atom is 0.305 e. The SMILES string of the molecule is O=c1c2n[nH]nc2nc2scnn12. The zero-order valence-electron chi connectivity index (χ0n) is 6.13. The van der Waals surface area contributed by atoms with Crippen LogP contribution in [0, 0.1) is 0 Å². The van der Waals surface area contributed by atoms with E-state index in [0.717, 1.165) is 0 Å². The quantitative estimate of drug-likeness (QED) is 0.517. The topological polar surface area (TPSA) is 88.8 Å². The van der Waals surface area contributed by atoms with Crippen LogP contribution in [-0.4, -0.2) is 30.0 Å². The maximum absolute atomic E-state index is 11.6. The lowest BCUT2D eigenvalue weighted by atomic mass is 10.5. The first-order valence-electron chi connectivity index (χ1n) is 3.39. The Labute approximate surface area is 74.0 Å². The van der Waals surface area contributed by atoms with Gasteiger partial charge in [-0.2, -0.15) is 19.8 Å². The third-order valence-electron chi connectivity index (χ3n) is 1.63. The van der Waals surface area contributed by atoms with Crippen LogP contribution in [0.5, 0.6) is 0 Å². The molecule has 64 valence electrons. The number of rotatable bonds is 0. The summed E-state index contributed by atoms with van der Waals surface area (Å²) in [6.45, 7) is 0. The number of fused-ring (bicyclic) bond motifs is 2. The molecule has 13 heavy (non-hydrogen) atoms. The monoisotopic (exact) mass is 194 g/mol. The van der Waals surface area contributed by atoms with Gasteiger partial charge < -0.3 is 0 Å². The molecule has 0 aromatic carbocycles. The van der Waals surface area contributed by atoms with Crippen molar-refractivity contribution in [1.29, 1.82) is 0 Å². The van der Waals surface area contributed by atoms with Crippen LogP contribution in [0.25, 0.3) is 16.1 Å². The Morgan fingerprint density at radius 1 is 1.46 bits per heavy atom. The Bertz CT molecular complexity index is 583. The van der Waals surface area contributed by atoms with Crippen molar-refractivity contribution >= 4 is 27.5 Å². The van der Waals surface area contributed by atoms with Crippen molar-refractivity contribution in [3.05, 3.63) is 15.9 Å². The van der Waals surface area contributed by atoms with Gasteiger partial charge in [-0.25, -0.2) is 0 Å². The summed E-state index contributed by atoms with van der Waals surface area (Å²) in [4.78, 5) is 16.1. The molecule has 0 aliphatic rings. The zero-order valence-corrected chi connectivity index (χ0v) is 6.95. The summed E-state index contributed by atoms with van der Waals surface area (Å²) in [5.74, 6) is 0. The van der Waals surface area contributed by atoms with Crippen LogP contribution < -0.4 is 5.56 Å². The lowest BCUT2D eigenvalue weighted by Crippen LogP contribution is -2.14. The number of H-pyrrole nitrogens is 1. The van der Waals surface area contributed by atoms with Gasteiger partial charge in [-0.05, 0) is 0 Å². The molecule has 3 aromatic rings. The molecule has 3 rings (SSSR count). The first-order valence-corrected chi connectivity index (χ1v) is 4.27. The van der Waals surface area contributed by atoms with E-state index in [9.17, 15) is 4.79 Å². The van der Waals surface area contributed by atoms with Crippen LogP contribution in [0.15, 0.2) is 10.3 Å². The summed E-state index contributed by atoms with van der Waals surface area (Å²) in [5.41, 5.74) is 1.79. The second kappa shape index (κ2) is 2.10. The number of nitrogens with zero attached hydrogens (tertiary/aromatic N) is 5. The molecule has 1 N–H and O–H groups in total. The van der Waals surface area contributed by atoms with Gasteiger partial charge in [0, 0.05) is 0 Å². The summed E-state index contributed by atoms with van der Waals surface area (Å²) >= 11 is 1.28. The Morgan fingerprint density at radius 2 is 2.38 bits per heavy atom. The van der Waals surface area contributed by atoms with Crippen molar-refractivity contribution in [1.82, 2.24) is 30.0 Å². The van der Waals surface area contributed by atoms with Crippen LogP contribution in [0.3, 0.4) is 0 Å². The summed E-state index contributed by atoms with van der Waals surface area (Å²) in [6.07, 6.45) is 0. The zero-order chi connectivity index (χ0) is 8.84. The molecule has 0 bridgehead atoms. The minimum absolute atomic E-state index is 0.211. The van der Waals surface area contributed by atoms with E-state index in [1.807, 2.05) is 0 Å². The molecule has 0 fully saturated rings. The van der Waals surface area contributed by atoms with Gasteiger partial charge >= 0.3 is 5.56 Å². The van der Waals surface area contributed by atoms with Gasteiger partial charge in [-0.3, -0.25) is 4.79 Å². The summed E-state index contributed by atoms with van der Waals surface area (Å²) < 4.78 is 1.20. The van der Waals surface area contributed by atoms with Gasteiger partial charge in [-0.15, -0.1) is 10.2 Å². The van der Waals surface area contributed by atoms with E-state index in [0.29, 0.717) is 10.6 Å². The molecule has 0 atom stereocenters. The van der Waals surface area contributed by atoms with Crippen molar-refractivity contribution in [2.75, 3.05) is 0 Å². The first-order chi connectivity index (χ1) is 6.36. The molecule has 0 aliphatic heterocycles. The molecule has 0 spiro atoms. The Morgan fingerprint density at radius 3 is 3.31 bits per heavy atom. The van der Waals surface area contributed by atoms with E-state index in [1.54, 1.807) is 5.51 Å². The number of hydrogen-bond donors (Lipinski definition) is 1. The fourth-order valence-electron chi connectivity index (χ4n) is 1.07. The molecule has 3 aromatic heterocycles. The van der Waals surface area contributed by atoms with E-state index < -0.39 is 0 Å². The van der Waals surface area contributed by atoms with E-state index in [4.69, 9.17) is 0 Å². The summed E-state index contributed by atoms with van der Waals surface area (Å²) in [7, 11) is 0. The summed E-state index contributed by atoms with van der Waals surface area (Å²) in [5, 5.41) is 13.6. The van der Waals surface area contributed by atoms with Crippen molar-refractivity contribution in [3.8, 4) is 0 Å². The van der Waals surface area contributed by atoms with Gasteiger partial charge in [-0.1, -0.05) is 11.3 Å². The molecule has 0 saturated heterocycles. The van der Waals surface area contributed by atoms with Crippen LogP contribution in [0.2, 0.25) is 0 Å². The van der Waals surface area contributed by atoms with E-state index in [-0.39, 0.29) is 11.1 Å².